The Balaban J connectivity index is 2.69. The summed E-state index contributed by atoms with van der Waals surface area (Å²) in [7, 11) is 0. The summed E-state index contributed by atoms with van der Waals surface area (Å²) in [6, 6.07) is 7.44. The molecule has 0 fully saturated rings. The van der Waals surface area contributed by atoms with Crippen molar-refractivity contribution in [1.29, 1.82) is 0 Å². The predicted octanol–water partition coefficient (Wildman–Crippen LogP) is 3.09. The summed E-state index contributed by atoms with van der Waals surface area (Å²) in [6.45, 7) is 12.9. The highest BCUT2D eigenvalue weighted by atomic mass is 16.5. The van der Waals surface area contributed by atoms with E-state index in [0.29, 0.717) is 24.5 Å². The number of benzene rings is 1. The Kier molecular flexibility index (Phi) is 7.26. The first-order valence-corrected chi connectivity index (χ1v) is 7.06. The molecular formula is C17H24N2O2. The number of anilines is 1. The molecule has 0 spiro atoms. The van der Waals surface area contributed by atoms with Gasteiger partial charge in [-0.2, -0.15) is 0 Å². The Hall–Kier alpha value is -2.07. The Labute approximate surface area is 127 Å². The van der Waals surface area contributed by atoms with Crippen LogP contribution in [0.2, 0.25) is 0 Å². The van der Waals surface area contributed by atoms with Crippen molar-refractivity contribution in [2.75, 3.05) is 25.0 Å². The van der Waals surface area contributed by atoms with E-state index in [9.17, 15) is 4.79 Å². The largest absolute Gasteiger partial charge is 0.489 e. The molecule has 1 N–H and O–H groups in total. The van der Waals surface area contributed by atoms with Crippen molar-refractivity contribution >= 4 is 11.6 Å². The Morgan fingerprint density at radius 2 is 1.90 bits per heavy atom. The highest BCUT2D eigenvalue weighted by Crippen LogP contribution is 2.24. The molecule has 0 radical (unpaired) electrons. The van der Waals surface area contributed by atoms with Gasteiger partial charge in [0.05, 0.1) is 18.3 Å². The van der Waals surface area contributed by atoms with E-state index < -0.39 is 0 Å². The lowest BCUT2D eigenvalue weighted by molar-refractivity contribution is -0.117. The van der Waals surface area contributed by atoms with E-state index in [4.69, 9.17) is 4.74 Å². The van der Waals surface area contributed by atoms with Gasteiger partial charge in [-0.15, -0.1) is 13.2 Å². The number of hydrogen-bond donors (Lipinski definition) is 1. The van der Waals surface area contributed by atoms with Crippen LogP contribution in [-0.4, -0.2) is 36.5 Å². The zero-order chi connectivity index (χ0) is 15.7. The van der Waals surface area contributed by atoms with Gasteiger partial charge >= 0.3 is 0 Å². The molecule has 1 amide bonds. The first-order valence-electron chi connectivity index (χ1n) is 7.06. The molecule has 0 aliphatic carbocycles. The molecule has 0 unspecified atom stereocenters. The summed E-state index contributed by atoms with van der Waals surface area (Å²) in [4.78, 5) is 14.1. The second kappa shape index (κ2) is 8.97. The van der Waals surface area contributed by atoms with Crippen molar-refractivity contribution in [3.05, 3.63) is 49.6 Å². The molecule has 0 aliphatic rings. The van der Waals surface area contributed by atoms with Gasteiger partial charge in [0.1, 0.15) is 5.75 Å². The molecule has 0 bridgehead atoms. The number of para-hydroxylation sites is 2. The van der Waals surface area contributed by atoms with E-state index in [1.165, 1.54) is 0 Å². The summed E-state index contributed by atoms with van der Waals surface area (Å²) in [6.07, 6.45) is 3.60. The van der Waals surface area contributed by atoms with Crippen molar-refractivity contribution in [2.45, 2.75) is 20.0 Å². The molecule has 114 valence electrons. The van der Waals surface area contributed by atoms with Crippen molar-refractivity contribution in [3.63, 3.8) is 0 Å². The van der Waals surface area contributed by atoms with Crippen molar-refractivity contribution < 1.29 is 9.53 Å². The minimum Gasteiger partial charge on any atom is -0.489 e. The van der Waals surface area contributed by atoms with Crippen LogP contribution in [0.4, 0.5) is 5.69 Å². The second-order valence-corrected chi connectivity index (χ2v) is 4.98. The van der Waals surface area contributed by atoms with Crippen LogP contribution in [0.15, 0.2) is 49.6 Å². The van der Waals surface area contributed by atoms with Gasteiger partial charge in [-0.3, -0.25) is 9.69 Å². The molecule has 0 saturated carbocycles. The smallest absolute Gasteiger partial charge is 0.238 e. The van der Waals surface area contributed by atoms with E-state index >= 15 is 0 Å². The molecule has 4 nitrogen and oxygen atoms in total. The highest BCUT2D eigenvalue weighted by Gasteiger charge is 2.11. The molecule has 1 aromatic carbocycles. The van der Waals surface area contributed by atoms with Crippen LogP contribution in [0.5, 0.6) is 5.75 Å². The highest BCUT2D eigenvalue weighted by molar-refractivity contribution is 5.93. The van der Waals surface area contributed by atoms with Gasteiger partial charge in [0.15, 0.2) is 0 Å². The zero-order valence-corrected chi connectivity index (χ0v) is 12.8. The standard InChI is InChI=1S/C17H24N2O2/c1-5-11-19(12-6-2)13-17(20)18-15-9-7-8-10-16(15)21-14(3)4/h5-10,14H,1-2,11-13H2,3-4H3,(H,18,20). The Bertz CT molecular complexity index is 473. The summed E-state index contributed by atoms with van der Waals surface area (Å²) in [5.41, 5.74) is 0.688. The average Bonchev–Trinajstić information content (AvgIpc) is 2.41. The number of carbonyl (C=O) groups excluding carboxylic acids is 1. The molecule has 0 aromatic heterocycles. The van der Waals surface area contributed by atoms with E-state index in [1.807, 2.05) is 43.0 Å². The van der Waals surface area contributed by atoms with E-state index in [-0.39, 0.29) is 18.6 Å². The fourth-order valence-electron chi connectivity index (χ4n) is 1.89. The molecule has 1 rings (SSSR count). The topological polar surface area (TPSA) is 41.6 Å². The molecule has 1 aromatic rings. The summed E-state index contributed by atoms with van der Waals surface area (Å²) >= 11 is 0. The number of ether oxygens (including phenoxy) is 1. The zero-order valence-electron chi connectivity index (χ0n) is 12.8. The second-order valence-electron chi connectivity index (χ2n) is 4.98. The van der Waals surface area contributed by atoms with E-state index in [2.05, 4.69) is 18.5 Å². The van der Waals surface area contributed by atoms with Gasteiger partial charge in [-0.05, 0) is 26.0 Å². The molecule has 0 heterocycles. The summed E-state index contributed by atoms with van der Waals surface area (Å²) in [5, 5.41) is 2.89. The maximum absolute atomic E-state index is 12.1. The van der Waals surface area contributed by atoms with Crippen molar-refractivity contribution in [1.82, 2.24) is 4.90 Å². The third-order valence-corrected chi connectivity index (χ3v) is 2.67. The van der Waals surface area contributed by atoms with Crippen LogP contribution in [0.3, 0.4) is 0 Å². The first-order chi connectivity index (χ1) is 10.1. The Morgan fingerprint density at radius 1 is 1.29 bits per heavy atom. The SMILES string of the molecule is C=CCN(CC=C)CC(=O)Nc1ccccc1OC(C)C. The van der Waals surface area contributed by atoms with E-state index in [1.54, 1.807) is 12.2 Å². The van der Waals surface area contributed by atoms with Crippen molar-refractivity contribution in [2.24, 2.45) is 0 Å². The average molecular weight is 288 g/mol. The molecule has 0 atom stereocenters. The number of hydrogen-bond acceptors (Lipinski definition) is 3. The minimum atomic E-state index is -0.0847. The number of nitrogens with zero attached hydrogens (tertiary/aromatic N) is 1. The quantitative estimate of drug-likeness (QED) is 0.710. The number of carbonyl (C=O) groups is 1. The van der Waals surface area contributed by atoms with Crippen LogP contribution in [0, 0.1) is 0 Å². The molecule has 21 heavy (non-hydrogen) atoms. The predicted molar refractivity (Wildman–Crippen MR) is 87.7 cm³/mol. The van der Waals surface area contributed by atoms with Crippen LogP contribution >= 0.6 is 0 Å². The van der Waals surface area contributed by atoms with Crippen LogP contribution in [-0.2, 0) is 4.79 Å². The van der Waals surface area contributed by atoms with Gasteiger partial charge in [-0.25, -0.2) is 0 Å². The first kappa shape index (κ1) is 17.0. The minimum absolute atomic E-state index is 0.0566. The normalized spacial score (nSPS) is 10.5. The van der Waals surface area contributed by atoms with Crippen LogP contribution < -0.4 is 10.1 Å². The molecular weight excluding hydrogens is 264 g/mol. The Morgan fingerprint density at radius 3 is 2.48 bits per heavy atom. The third kappa shape index (κ3) is 6.27. The van der Waals surface area contributed by atoms with Gasteiger partial charge in [0.2, 0.25) is 5.91 Å². The maximum atomic E-state index is 12.1. The fraction of sp³-hybridized carbons (Fsp3) is 0.353. The molecule has 0 saturated heterocycles. The lowest BCUT2D eigenvalue weighted by atomic mass is 10.3. The summed E-state index contributed by atoms with van der Waals surface area (Å²) in [5.74, 6) is 0.596. The lowest BCUT2D eigenvalue weighted by Crippen LogP contribution is -2.33. The molecule has 4 heteroatoms. The van der Waals surface area contributed by atoms with Gasteiger partial charge in [0, 0.05) is 13.1 Å². The van der Waals surface area contributed by atoms with Crippen LogP contribution in [0.25, 0.3) is 0 Å². The van der Waals surface area contributed by atoms with Gasteiger partial charge < -0.3 is 10.1 Å². The summed E-state index contributed by atoms with van der Waals surface area (Å²) < 4.78 is 5.69. The number of amides is 1. The number of rotatable bonds is 9. The third-order valence-electron chi connectivity index (χ3n) is 2.67. The monoisotopic (exact) mass is 288 g/mol. The lowest BCUT2D eigenvalue weighted by Gasteiger charge is -2.19. The van der Waals surface area contributed by atoms with Gasteiger partial charge in [-0.1, -0.05) is 24.3 Å². The maximum Gasteiger partial charge on any atom is 0.238 e. The number of nitrogens with one attached hydrogen (secondary N) is 1. The van der Waals surface area contributed by atoms with Crippen LogP contribution in [0.1, 0.15) is 13.8 Å². The van der Waals surface area contributed by atoms with E-state index in [0.717, 1.165) is 0 Å². The van der Waals surface area contributed by atoms with Gasteiger partial charge in [0.25, 0.3) is 0 Å². The van der Waals surface area contributed by atoms with Crippen molar-refractivity contribution in [3.8, 4) is 5.75 Å². The fourth-order valence-corrected chi connectivity index (χ4v) is 1.89. The molecule has 0 aliphatic heterocycles.